The van der Waals surface area contributed by atoms with E-state index in [1.165, 1.54) is 18.2 Å². The van der Waals surface area contributed by atoms with Gasteiger partial charge in [-0.25, -0.2) is 0 Å². The zero-order valence-electron chi connectivity index (χ0n) is 14.3. The van der Waals surface area contributed by atoms with Crippen molar-refractivity contribution in [2.45, 2.75) is 12.5 Å². The van der Waals surface area contributed by atoms with Crippen LogP contribution in [0.2, 0.25) is 0 Å². The number of nitro groups is 1. The van der Waals surface area contributed by atoms with Crippen LogP contribution in [0.3, 0.4) is 0 Å². The maximum Gasteiger partial charge on any atom is 0.272 e. The molecule has 0 aromatic heterocycles. The number of carbonyl (C=O) groups excluding carboxylic acids is 2. The molecule has 3 aromatic carbocycles. The van der Waals surface area contributed by atoms with Gasteiger partial charge in [-0.1, -0.05) is 48.5 Å². The summed E-state index contributed by atoms with van der Waals surface area (Å²) in [4.78, 5) is 35.0. The SMILES string of the molecule is NC(=O)[C@H](Cc1ccccc1[N+](=O)[O-])NC(=O)c1ccc2ccccc2c1. The Morgan fingerprint density at radius 3 is 2.37 bits per heavy atom. The molecule has 3 aromatic rings. The predicted octanol–water partition coefficient (Wildman–Crippen LogP) is 2.57. The molecule has 0 saturated heterocycles. The monoisotopic (exact) mass is 363 g/mol. The van der Waals surface area contributed by atoms with Crippen molar-refractivity contribution in [3.8, 4) is 0 Å². The summed E-state index contributed by atoms with van der Waals surface area (Å²) in [7, 11) is 0. The molecule has 136 valence electrons. The molecule has 0 aliphatic heterocycles. The molecule has 2 amide bonds. The normalized spacial score (nSPS) is 11.7. The number of nitrogens with one attached hydrogen (secondary N) is 1. The van der Waals surface area contributed by atoms with Crippen LogP contribution in [0.1, 0.15) is 15.9 Å². The van der Waals surface area contributed by atoms with Crippen LogP contribution in [-0.4, -0.2) is 22.8 Å². The van der Waals surface area contributed by atoms with Crippen molar-refractivity contribution in [3.63, 3.8) is 0 Å². The van der Waals surface area contributed by atoms with Gasteiger partial charge in [-0.05, 0) is 22.9 Å². The number of carbonyl (C=O) groups is 2. The van der Waals surface area contributed by atoms with E-state index in [1.807, 2.05) is 30.3 Å². The number of benzene rings is 3. The third-order valence-electron chi connectivity index (χ3n) is 4.27. The van der Waals surface area contributed by atoms with Gasteiger partial charge in [0.15, 0.2) is 0 Å². The van der Waals surface area contributed by atoms with Gasteiger partial charge < -0.3 is 11.1 Å². The summed E-state index contributed by atoms with van der Waals surface area (Å²) in [6, 6.07) is 17.7. The fourth-order valence-corrected chi connectivity index (χ4v) is 2.88. The Kier molecular flexibility index (Phi) is 5.12. The highest BCUT2D eigenvalue weighted by molar-refractivity contribution is 6.00. The lowest BCUT2D eigenvalue weighted by molar-refractivity contribution is -0.385. The molecule has 0 fully saturated rings. The van der Waals surface area contributed by atoms with Gasteiger partial charge >= 0.3 is 0 Å². The first kappa shape index (κ1) is 18.1. The lowest BCUT2D eigenvalue weighted by Gasteiger charge is -2.16. The van der Waals surface area contributed by atoms with Gasteiger partial charge in [-0.2, -0.15) is 0 Å². The Bertz CT molecular complexity index is 1030. The van der Waals surface area contributed by atoms with E-state index in [2.05, 4.69) is 5.32 Å². The second-order valence-electron chi connectivity index (χ2n) is 6.08. The summed E-state index contributed by atoms with van der Waals surface area (Å²) in [6.45, 7) is 0. The maximum atomic E-state index is 12.6. The van der Waals surface area contributed by atoms with Crippen molar-refractivity contribution in [2.24, 2.45) is 5.73 Å². The number of primary amides is 1. The molecular weight excluding hydrogens is 346 g/mol. The van der Waals surface area contributed by atoms with E-state index in [0.29, 0.717) is 11.1 Å². The molecule has 0 radical (unpaired) electrons. The van der Waals surface area contributed by atoms with Crippen LogP contribution >= 0.6 is 0 Å². The third kappa shape index (κ3) is 4.09. The second-order valence-corrected chi connectivity index (χ2v) is 6.08. The lowest BCUT2D eigenvalue weighted by atomic mass is 10.0. The number of nitrogens with two attached hydrogens (primary N) is 1. The van der Waals surface area contributed by atoms with Crippen molar-refractivity contribution in [1.82, 2.24) is 5.32 Å². The summed E-state index contributed by atoms with van der Waals surface area (Å²) < 4.78 is 0. The van der Waals surface area contributed by atoms with Crippen LogP contribution in [0.5, 0.6) is 0 Å². The molecule has 0 heterocycles. The zero-order valence-corrected chi connectivity index (χ0v) is 14.3. The van der Waals surface area contributed by atoms with Gasteiger partial charge in [0.25, 0.3) is 11.6 Å². The number of nitro benzene ring substituents is 1. The van der Waals surface area contributed by atoms with Crippen molar-refractivity contribution >= 4 is 28.3 Å². The Morgan fingerprint density at radius 2 is 1.67 bits per heavy atom. The predicted molar refractivity (Wildman–Crippen MR) is 101 cm³/mol. The summed E-state index contributed by atoms with van der Waals surface area (Å²) in [5, 5.41) is 15.6. The quantitative estimate of drug-likeness (QED) is 0.517. The molecule has 0 spiro atoms. The molecular formula is C20H17N3O4. The Balaban J connectivity index is 1.82. The Labute approximate surface area is 154 Å². The minimum absolute atomic E-state index is 0.0637. The Hall–Kier alpha value is -3.74. The molecule has 0 aliphatic carbocycles. The first-order valence-corrected chi connectivity index (χ1v) is 8.27. The molecule has 0 aliphatic rings. The van der Waals surface area contributed by atoms with E-state index in [4.69, 9.17) is 5.73 Å². The van der Waals surface area contributed by atoms with E-state index >= 15 is 0 Å². The highest BCUT2D eigenvalue weighted by Crippen LogP contribution is 2.20. The van der Waals surface area contributed by atoms with E-state index < -0.39 is 22.8 Å². The first-order chi connectivity index (χ1) is 13.0. The van der Waals surface area contributed by atoms with E-state index in [1.54, 1.807) is 18.2 Å². The summed E-state index contributed by atoms with van der Waals surface area (Å²) >= 11 is 0. The van der Waals surface area contributed by atoms with Crippen LogP contribution < -0.4 is 11.1 Å². The fraction of sp³-hybridized carbons (Fsp3) is 0.100. The van der Waals surface area contributed by atoms with E-state index in [9.17, 15) is 19.7 Å². The molecule has 1 atom stereocenters. The minimum atomic E-state index is -1.06. The van der Waals surface area contributed by atoms with Gasteiger partial charge in [0.1, 0.15) is 6.04 Å². The number of hydrogen-bond donors (Lipinski definition) is 2. The van der Waals surface area contributed by atoms with Crippen LogP contribution in [0.15, 0.2) is 66.7 Å². The van der Waals surface area contributed by atoms with E-state index in [0.717, 1.165) is 10.8 Å². The fourth-order valence-electron chi connectivity index (χ4n) is 2.88. The average molecular weight is 363 g/mol. The lowest BCUT2D eigenvalue weighted by Crippen LogP contribution is -2.45. The van der Waals surface area contributed by atoms with Crippen LogP contribution in [0.4, 0.5) is 5.69 Å². The maximum absolute atomic E-state index is 12.6. The zero-order chi connectivity index (χ0) is 19.4. The smallest absolute Gasteiger partial charge is 0.272 e. The van der Waals surface area contributed by atoms with Crippen LogP contribution in [-0.2, 0) is 11.2 Å². The van der Waals surface area contributed by atoms with E-state index in [-0.39, 0.29) is 12.1 Å². The number of fused-ring (bicyclic) bond motifs is 1. The summed E-state index contributed by atoms with van der Waals surface area (Å²) in [5.41, 5.74) is 5.98. The minimum Gasteiger partial charge on any atom is -0.368 e. The van der Waals surface area contributed by atoms with Gasteiger partial charge in [-0.15, -0.1) is 0 Å². The first-order valence-electron chi connectivity index (χ1n) is 8.27. The molecule has 3 N–H and O–H groups in total. The second kappa shape index (κ2) is 7.65. The summed E-state index contributed by atoms with van der Waals surface area (Å²) in [6.07, 6.45) is -0.0637. The summed E-state index contributed by atoms with van der Waals surface area (Å²) in [5.74, 6) is -1.23. The molecule has 27 heavy (non-hydrogen) atoms. The highest BCUT2D eigenvalue weighted by atomic mass is 16.6. The topological polar surface area (TPSA) is 115 Å². The number of rotatable bonds is 6. The Morgan fingerprint density at radius 1 is 1.00 bits per heavy atom. The molecule has 7 heteroatoms. The number of hydrogen-bond acceptors (Lipinski definition) is 4. The number of amides is 2. The van der Waals surface area contributed by atoms with Gasteiger partial charge in [0.2, 0.25) is 5.91 Å². The van der Waals surface area contributed by atoms with Crippen molar-refractivity contribution in [1.29, 1.82) is 0 Å². The standard InChI is InChI=1S/C20H17N3O4/c21-19(24)17(12-15-7-3-4-8-18(15)23(26)27)22-20(25)16-10-9-13-5-1-2-6-14(13)11-16/h1-11,17H,12H2,(H2,21,24)(H,22,25)/t17-/m0/s1. The van der Waals surface area contributed by atoms with Gasteiger partial charge in [0, 0.05) is 23.6 Å². The molecule has 3 rings (SSSR count). The van der Waals surface area contributed by atoms with Crippen molar-refractivity contribution in [3.05, 3.63) is 88.0 Å². The molecule has 0 bridgehead atoms. The number of para-hydroxylation sites is 1. The number of nitrogens with zero attached hydrogens (tertiary/aromatic N) is 1. The highest BCUT2D eigenvalue weighted by Gasteiger charge is 2.23. The van der Waals surface area contributed by atoms with Crippen molar-refractivity contribution < 1.29 is 14.5 Å². The molecule has 0 saturated carbocycles. The third-order valence-corrected chi connectivity index (χ3v) is 4.27. The van der Waals surface area contributed by atoms with Crippen molar-refractivity contribution in [2.75, 3.05) is 0 Å². The van der Waals surface area contributed by atoms with Crippen LogP contribution in [0, 0.1) is 10.1 Å². The van der Waals surface area contributed by atoms with Gasteiger partial charge in [-0.3, -0.25) is 19.7 Å². The van der Waals surface area contributed by atoms with Crippen LogP contribution in [0.25, 0.3) is 10.8 Å². The molecule has 0 unspecified atom stereocenters. The molecule has 7 nitrogen and oxygen atoms in total. The largest absolute Gasteiger partial charge is 0.368 e. The average Bonchev–Trinajstić information content (AvgIpc) is 2.67. The van der Waals surface area contributed by atoms with Gasteiger partial charge in [0.05, 0.1) is 4.92 Å².